The van der Waals surface area contributed by atoms with Crippen molar-refractivity contribution in [1.29, 1.82) is 0 Å². The highest BCUT2D eigenvalue weighted by Crippen LogP contribution is 2.24. The highest BCUT2D eigenvalue weighted by Gasteiger charge is 2.29. The molecule has 20 heavy (non-hydrogen) atoms. The summed E-state index contributed by atoms with van der Waals surface area (Å²) in [5.41, 5.74) is -0.400. The topological polar surface area (TPSA) is 74.7 Å². The quantitative estimate of drug-likeness (QED) is 0.917. The Morgan fingerprint density at radius 1 is 1.30 bits per heavy atom. The van der Waals surface area contributed by atoms with Gasteiger partial charge in [0.1, 0.15) is 5.82 Å². The molecule has 1 aromatic carbocycles. The molecule has 0 saturated carbocycles. The van der Waals surface area contributed by atoms with Crippen LogP contribution >= 0.6 is 11.8 Å². The fraction of sp³-hybridized carbons (Fsp3) is 0.417. The predicted molar refractivity (Wildman–Crippen MR) is 74.1 cm³/mol. The van der Waals surface area contributed by atoms with E-state index in [0.29, 0.717) is 25.3 Å². The van der Waals surface area contributed by atoms with Crippen molar-refractivity contribution in [2.45, 2.75) is 11.3 Å². The lowest BCUT2D eigenvalue weighted by Crippen LogP contribution is -2.34. The standard InChI is InChI=1S/C12H14FNO4S2/c13-9-2-3-10(12(15)16)11(8-9)20(17,18)14-4-1-6-19-7-5-14/h2-3,8H,1,4-7H2,(H,15,16). The zero-order chi connectivity index (χ0) is 14.8. The molecular weight excluding hydrogens is 305 g/mol. The van der Waals surface area contributed by atoms with E-state index in [9.17, 15) is 17.6 Å². The Morgan fingerprint density at radius 2 is 2.05 bits per heavy atom. The lowest BCUT2D eigenvalue weighted by molar-refractivity contribution is 0.0692. The Hall–Kier alpha value is -1.12. The summed E-state index contributed by atoms with van der Waals surface area (Å²) in [6.07, 6.45) is 0.696. The van der Waals surface area contributed by atoms with Gasteiger partial charge in [0.05, 0.1) is 10.5 Å². The van der Waals surface area contributed by atoms with E-state index in [0.717, 1.165) is 24.0 Å². The van der Waals surface area contributed by atoms with Crippen LogP contribution in [0.15, 0.2) is 23.1 Å². The minimum atomic E-state index is -3.98. The summed E-state index contributed by atoms with van der Waals surface area (Å²) < 4.78 is 39.5. The zero-order valence-corrected chi connectivity index (χ0v) is 12.2. The number of hydrogen-bond acceptors (Lipinski definition) is 4. The number of carboxylic acid groups (broad SMARTS) is 1. The number of halogens is 1. The Kier molecular flexibility index (Phi) is 4.66. The molecule has 0 spiro atoms. The van der Waals surface area contributed by atoms with Gasteiger partial charge in [0, 0.05) is 18.8 Å². The van der Waals surface area contributed by atoms with Gasteiger partial charge < -0.3 is 5.11 Å². The Bertz CT molecular complexity index is 610. The lowest BCUT2D eigenvalue weighted by atomic mass is 10.2. The lowest BCUT2D eigenvalue weighted by Gasteiger charge is -2.20. The van der Waals surface area contributed by atoms with Crippen molar-refractivity contribution in [3.63, 3.8) is 0 Å². The maximum absolute atomic E-state index is 13.3. The third-order valence-corrected chi connectivity index (χ3v) is 5.96. The Balaban J connectivity index is 2.47. The maximum atomic E-state index is 13.3. The first-order valence-corrected chi connectivity index (χ1v) is 8.63. The molecule has 0 amide bonds. The largest absolute Gasteiger partial charge is 0.478 e. The fourth-order valence-corrected chi connectivity index (χ4v) is 4.67. The molecule has 1 aliphatic rings. The van der Waals surface area contributed by atoms with Gasteiger partial charge in [0.25, 0.3) is 0 Å². The molecule has 5 nitrogen and oxygen atoms in total. The van der Waals surface area contributed by atoms with Crippen molar-refractivity contribution < 1.29 is 22.7 Å². The van der Waals surface area contributed by atoms with Crippen LogP contribution in [0.5, 0.6) is 0 Å². The molecule has 0 aromatic heterocycles. The van der Waals surface area contributed by atoms with E-state index >= 15 is 0 Å². The van der Waals surface area contributed by atoms with E-state index in [4.69, 9.17) is 5.11 Å². The minimum absolute atomic E-state index is 0.308. The van der Waals surface area contributed by atoms with Gasteiger partial charge in [-0.05, 0) is 30.4 Å². The second-order valence-electron chi connectivity index (χ2n) is 4.32. The average Bonchev–Trinajstić information content (AvgIpc) is 2.67. The number of hydrogen-bond donors (Lipinski definition) is 1. The van der Waals surface area contributed by atoms with Gasteiger partial charge in [-0.15, -0.1) is 0 Å². The summed E-state index contributed by atoms with van der Waals surface area (Å²) in [4.78, 5) is 10.6. The number of thioether (sulfide) groups is 1. The van der Waals surface area contributed by atoms with Crippen molar-refractivity contribution in [3.8, 4) is 0 Å². The number of sulfonamides is 1. The van der Waals surface area contributed by atoms with Gasteiger partial charge in [0.2, 0.25) is 10.0 Å². The second-order valence-corrected chi connectivity index (χ2v) is 7.45. The molecule has 0 aliphatic carbocycles. The molecule has 0 bridgehead atoms. The molecule has 110 valence electrons. The van der Waals surface area contributed by atoms with E-state index in [1.807, 2.05) is 0 Å². The van der Waals surface area contributed by atoms with Crippen LogP contribution in [-0.2, 0) is 10.0 Å². The maximum Gasteiger partial charge on any atom is 0.337 e. The van der Waals surface area contributed by atoms with E-state index in [1.54, 1.807) is 11.8 Å². The number of carboxylic acids is 1. The van der Waals surface area contributed by atoms with Crippen molar-refractivity contribution in [1.82, 2.24) is 4.31 Å². The summed E-state index contributed by atoms with van der Waals surface area (Å²) in [5.74, 6) is -0.636. The van der Waals surface area contributed by atoms with Crippen molar-refractivity contribution in [2.75, 3.05) is 24.6 Å². The van der Waals surface area contributed by atoms with Gasteiger partial charge in [0.15, 0.2) is 0 Å². The van der Waals surface area contributed by atoms with Crippen molar-refractivity contribution >= 4 is 27.8 Å². The van der Waals surface area contributed by atoms with E-state index in [2.05, 4.69) is 0 Å². The van der Waals surface area contributed by atoms with E-state index in [-0.39, 0.29) is 0 Å². The summed E-state index contributed by atoms with van der Waals surface area (Å²) in [7, 11) is -3.98. The van der Waals surface area contributed by atoms with Crippen molar-refractivity contribution in [3.05, 3.63) is 29.6 Å². The molecule has 2 rings (SSSR count). The minimum Gasteiger partial charge on any atom is -0.478 e. The van der Waals surface area contributed by atoms with Crippen LogP contribution in [0.4, 0.5) is 4.39 Å². The molecule has 1 aliphatic heterocycles. The first kappa shape index (κ1) is 15.3. The van der Waals surface area contributed by atoms with Crippen LogP contribution in [0.3, 0.4) is 0 Å². The number of nitrogens with zero attached hydrogens (tertiary/aromatic N) is 1. The summed E-state index contributed by atoms with van der Waals surface area (Å²) in [6.45, 7) is 0.632. The molecule has 0 unspecified atom stereocenters. The van der Waals surface area contributed by atoms with Crippen LogP contribution < -0.4 is 0 Å². The number of aromatic carboxylic acids is 1. The van der Waals surface area contributed by atoms with Gasteiger partial charge >= 0.3 is 5.97 Å². The van der Waals surface area contributed by atoms with Gasteiger partial charge in [-0.2, -0.15) is 16.1 Å². The van der Waals surface area contributed by atoms with Crippen LogP contribution in [-0.4, -0.2) is 48.4 Å². The highest BCUT2D eigenvalue weighted by molar-refractivity contribution is 7.99. The molecule has 1 heterocycles. The fourth-order valence-electron chi connectivity index (χ4n) is 1.99. The number of rotatable bonds is 3. The summed E-state index contributed by atoms with van der Waals surface area (Å²) in [6, 6.07) is 2.70. The average molecular weight is 319 g/mol. The van der Waals surface area contributed by atoms with Crippen molar-refractivity contribution in [2.24, 2.45) is 0 Å². The van der Waals surface area contributed by atoms with Crippen LogP contribution in [0.1, 0.15) is 16.8 Å². The van der Waals surface area contributed by atoms with Crippen LogP contribution in [0, 0.1) is 5.82 Å². The molecule has 0 atom stereocenters. The van der Waals surface area contributed by atoms with Crippen LogP contribution in [0.25, 0.3) is 0 Å². The zero-order valence-electron chi connectivity index (χ0n) is 10.6. The molecule has 1 fully saturated rings. The van der Waals surface area contributed by atoms with Gasteiger partial charge in [-0.3, -0.25) is 0 Å². The van der Waals surface area contributed by atoms with E-state index < -0.39 is 32.3 Å². The molecular formula is C12H14FNO4S2. The molecule has 1 saturated heterocycles. The number of carbonyl (C=O) groups is 1. The smallest absolute Gasteiger partial charge is 0.337 e. The monoisotopic (exact) mass is 319 g/mol. The van der Waals surface area contributed by atoms with Crippen LogP contribution in [0.2, 0.25) is 0 Å². The normalized spacial score (nSPS) is 17.6. The highest BCUT2D eigenvalue weighted by atomic mass is 32.2. The third-order valence-electron chi connectivity index (χ3n) is 2.97. The number of benzene rings is 1. The first-order valence-electron chi connectivity index (χ1n) is 6.03. The third kappa shape index (κ3) is 3.13. The SMILES string of the molecule is O=C(O)c1ccc(F)cc1S(=O)(=O)N1CCCSCC1. The molecule has 1 aromatic rings. The molecule has 8 heteroatoms. The van der Waals surface area contributed by atoms with Gasteiger partial charge in [-0.25, -0.2) is 17.6 Å². The summed E-state index contributed by atoms with van der Waals surface area (Å²) in [5, 5.41) is 9.06. The Labute approximate surface area is 120 Å². The second kappa shape index (κ2) is 6.11. The van der Waals surface area contributed by atoms with E-state index in [1.165, 1.54) is 4.31 Å². The molecule has 1 N–H and O–H groups in total. The molecule has 0 radical (unpaired) electrons. The summed E-state index contributed by atoms with van der Waals surface area (Å²) >= 11 is 1.65. The van der Waals surface area contributed by atoms with Gasteiger partial charge in [-0.1, -0.05) is 0 Å². The predicted octanol–water partition coefficient (Wildman–Crippen LogP) is 1.65. The first-order chi connectivity index (χ1) is 9.43. The Morgan fingerprint density at radius 3 is 2.75 bits per heavy atom.